The van der Waals surface area contributed by atoms with E-state index in [1.54, 1.807) is 23.2 Å². The Kier molecular flexibility index (Phi) is 6.36. The van der Waals surface area contributed by atoms with Crippen LogP contribution in [0, 0.1) is 5.82 Å². The minimum atomic E-state index is -0.545. The Morgan fingerprint density at radius 1 is 1.25 bits per heavy atom. The Morgan fingerprint density at radius 2 is 2.00 bits per heavy atom. The van der Waals surface area contributed by atoms with Crippen molar-refractivity contribution in [1.29, 1.82) is 0 Å². The fourth-order valence-electron chi connectivity index (χ4n) is 3.10. The van der Waals surface area contributed by atoms with Gasteiger partial charge in [0.15, 0.2) is 5.82 Å². The molecule has 0 radical (unpaired) electrons. The number of hydrogen-bond acceptors (Lipinski definition) is 4. The second kappa shape index (κ2) is 8.93. The Hall–Kier alpha value is -2.80. The number of hydrogen-bond donors (Lipinski definition) is 0. The van der Waals surface area contributed by atoms with Crippen molar-refractivity contribution in [2.75, 3.05) is 6.54 Å². The van der Waals surface area contributed by atoms with Gasteiger partial charge in [-0.2, -0.15) is 10.2 Å². The van der Waals surface area contributed by atoms with Gasteiger partial charge in [-0.05, 0) is 51.0 Å². The third-order valence-corrected chi connectivity index (χ3v) is 4.80. The van der Waals surface area contributed by atoms with E-state index in [1.165, 1.54) is 24.5 Å². The summed E-state index contributed by atoms with van der Waals surface area (Å²) in [4.78, 5) is 20.3. The van der Waals surface area contributed by atoms with Crippen molar-refractivity contribution in [3.05, 3.63) is 71.0 Å². The summed E-state index contributed by atoms with van der Waals surface area (Å²) in [5, 5.41) is 8.55. The Morgan fingerprint density at radius 3 is 2.64 bits per heavy atom. The van der Waals surface area contributed by atoms with Crippen molar-refractivity contribution in [3.8, 4) is 5.69 Å². The molecule has 28 heavy (non-hydrogen) atoms. The van der Waals surface area contributed by atoms with Crippen molar-refractivity contribution in [2.24, 2.45) is 0 Å². The summed E-state index contributed by atoms with van der Waals surface area (Å²) >= 11 is 5.87. The molecule has 3 rings (SSSR count). The average Bonchev–Trinajstić information content (AvgIpc) is 3.22. The number of carbonyl (C=O) groups is 1. The molecule has 6 nitrogen and oxygen atoms in total. The number of amides is 1. The predicted octanol–water partition coefficient (Wildman–Crippen LogP) is 3.94. The number of rotatable bonds is 7. The van der Waals surface area contributed by atoms with Gasteiger partial charge in [0, 0.05) is 24.5 Å². The van der Waals surface area contributed by atoms with Crippen molar-refractivity contribution in [2.45, 2.75) is 32.7 Å². The summed E-state index contributed by atoms with van der Waals surface area (Å²) in [6.45, 7) is 4.37. The predicted molar refractivity (Wildman–Crippen MR) is 105 cm³/mol. The van der Waals surface area contributed by atoms with Gasteiger partial charge < -0.3 is 4.90 Å². The van der Waals surface area contributed by atoms with Crippen LogP contribution in [0.25, 0.3) is 5.69 Å². The molecule has 0 bridgehead atoms. The zero-order chi connectivity index (χ0) is 20.1. The van der Waals surface area contributed by atoms with Gasteiger partial charge in [0.1, 0.15) is 5.69 Å². The van der Waals surface area contributed by atoms with Crippen molar-refractivity contribution < 1.29 is 9.18 Å². The maximum absolute atomic E-state index is 14.5. The van der Waals surface area contributed by atoms with Gasteiger partial charge in [-0.25, -0.2) is 4.39 Å². The van der Waals surface area contributed by atoms with Crippen LogP contribution >= 0.6 is 11.6 Å². The van der Waals surface area contributed by atoms with E-state index < -0.39 is 5.82 Å². The molecule has 2 aromatic heterocycles. The monoisotopic (exact) mass is 401 g/mol. The summed E-state index contributed by atoms with van der Waals surface area (Å²) in [5.41, 5.74) is 1.20. The first-order valence-electron chi connectivity index (χ1n) is 9.07. The molecule has 8 heteroatoms. The second-order valence-electron chi connectivity index (χ2n) is 6.40. The highest BCUT2D eigenvalue weighted by Gasteiger charge is 2.25. The largest absolute Gasteiger partial charge is 0.336 e. The molecule has 0 N–H and O–H groups in total. The minimum Gasteiger partial charge on any atom is -0.336 e. The van der Waals surface area contributed by atoms with Crippen LogP contribution in [0.2, 0.25) is 5.02 Å². The van der Waals surface area contributed by atoms with Crippen LogP contribution in [0.4, 0.5) is 4.39 Å². The molecule has 0 unspecified atom stereocenters. The van der Waals surface area contributed by atoms with E-state index in [2.05, 4.69) is 15.2 Å². The number of pyridine rings is 1. The number of halogens is 2. The van der Waals surface area contributed by atoms with Gasteiger partial charge >= 0.3 is 0 Å². The zero-order valence-electron chi connectivity index (χ0n) is 15.7. The van der Waals surface area contributed by atoms with Crippen LogP contribution in [-0.2, 0) is 6.42 Å². The lowest BCUT2D eigenvalue weighted by molar-refractivity contribution is 0.0695. The van der Waals surface area contributed by atoms with Crippen LogP contribution in [0.15, 0.2) is 48.9 Å². The number of aromatic nitrogens is 4. The lowest BCUT2D eigenvalue weighted by Crippen LogP contribution is -2.39. The molecule has 3 aromatic rings. The Bertz CT molecular complexity index is 930. The smallest absolute Gasteiger partial charge is 0.256 e. The third kappa shape index (κ3) is 4.36. The summed E-state index contributed by atoms with van der Waals surface area (Å²) in [6.07, 6.45) is 5.93. The number of para-hydroxylation sites is 1. The normalized spacial score (nSPS) is 12.0. The van der Waals surface area contributed by atoms with Crippen molar-refractivity contribution >= 4 is 17.5 Å². The first kappa shape index (κ1) is 19.9. The van der Waals surface area contributed by atoms with Crippen LogP contribution < -0.4 is 0 Å². The van der Waals surface area contributed by atoms with Gasteiger partial charge in [0.2, 0.25) is 0 Å². The van der Waals surface area contributed by atoms with Crippen LogP contribution in [-0.4, -0.2) is 43.4 Å². The van der Waals surface area contributed by atoms with Crippen LogP contribution in [0.1, 0.15) is 36.3 Å². The summed E-state index contributed by atoms with van der Waals surface area (Å²) in [6, 6.07) is 8.03. The highest BCUT2D eigenvalue weighted by atomic mass is 35.5. The van der Waals surface area contributed by atoms with E-state index in [0.29, 0.717) is 18.0 Å². The van der Waals surface area contributed by atoms with E-state index in [0.717, 1.165) is 16.9 Å². The molecule has 1 amide bonds. The quantitative estimate of drug-likeness (QED) is 0.601. The zero-order valence-corrected chi connectivity index (χ0v) is 16.5. The molecule has 0 saturated carbocycles. The van der Waals surface area contributed by atoms with Gasteiger partial charge in [-0.1, -0.05) is 17.7 Å². The van der Waals surface area contributed by atoms with E-state index in [-0.39, 0.29) is 23.2 Å². The minimum absolute atomic E-state index is 0.0579. The maximum Gasteiger partial charge on any atom is 0.256 e. The molecule has 0 spiro atoms. The van der Waals surface area contributed by atoms with E-state index in [9.17, 15) is 9.18 Å². The fourth-order valence-corrected chi connectivity index (χ4v) is 3.21. The van der Waals surface area contributed by atoms with Crippen LogP contribution in [0.3, 0.4) is 0 Å². The molecule has 2 heterocycles. The molecule has 0 saturated heterocycles. The van der Waals surface area contributed by atoms with Gasteiger partial charge in [0.25, 0.3) is 5.91 Å². The average molecular weight is 402 g/mol. The van der Waals surface area contributed by atoms with Crippen molar-refractivity contribution in [3.63, 3.8) is 0 Å². The fraction of sp³-hybridized carbons (Fsp3) is 0.300. The molecule has 0 aliphatic carbocycles. The SMILES string of the molecule is CCN(C(=O)c1cccc(F)c1-n1nccn1)[C@@H](C)CCc1ccc(Cl)cn1. The summed E-state index contributed by atoms with van der Waals surface area (Å²) in [5.74, 6) is -0.804. The number of nitrogens with zero attached hydrogens (tertiary/aromatic N) is 5. The highest BCUT2D eigenvalue weighted by molar-refractivity contribution is 6.30. The number of aryl methyl sites for hydroxylation is 1. The summed E-state index contributed by atoms with van der Waals surface area (Å²) < 4.78 is 14.5. The standard InChI is InChI=1S/C20H21ClFN5O/c1-3-26(14(2)7-9-16-10-8-15(21)13-23-16)20(28)17-5-4-6-18(22)19(17)27-24-11-12-25-27/h4-6,8,10-14H,3,7,9H2,1-2H3/t14-/m0/s1. The first-order valence-corrected chi connectivity index (χ1v) is 9.45. The maximum atomic E-state index is 14.5. The molecular weight excluding hydrogens is 381 g/mol. The van der Waals surface area contributed by atoms with Crippen LogP contribution in [0.5, 0.6) is 0 Å². The lowest BCUT2D eigenvalue weighted by atomic mass is 10.1. The van der Waals surface area contributed by atoms with E-state index in [4.69, 9.17) is 11.6 Å². The lowest BCUT2D eigenvalue weighted by Gasteiger charge is -2.29. The third-order valence-electron chi connectivity index (χ3n) is 4.58. The number of benzene rings is 1. The molecule has 0 fully saturated rings. The highest BCUT2D eigenvalue weighted by Crippen LogP contribution is 2.21. The number of carbonyl (C=O) groups excluding carboxylic acids is 1. The van der Waals surface area contributed by atoms with Gasteiger partial charge in [0.05, 0.1) is 23.0 Å². The van der Waals surface area contributed by atoms with Gasteiger partial charge in [-0.15, -0.1) is 4.80 Å². The topological polar surface area (TPSA) is 63.9 Å². The summed E-state index contributed by atoms with van der Waals surface area (Å²) in [7, 11) is 0. The van der Waals surface area contributed by atoms with Crippen molar-refractivity contribution in [1.82, 2.24) is 24.9 Å². The van der Waals surface area contributed by atoms with Gasteiger partial charge in [-0.3, -0.25) is 9.78 Å². The Balaban J connectivity index is 1.80. The molecule has 0 aliphatic rings. The molecule has 1 aromatic carbocycles. The molecule has 0 aliphatic heterocycles. The second-order valence-corrected chi connectivity index (χ2v) is 6.84. The first-order chi connectivity index (χ1) is 13.5. The van der Waals surface area contributed by atoms with E-state index >= 15 is 0 Å². The van der Waals surface area contributed by atoms with E-state index in [1.807, 2.05) is 19.9 Å². The Labute approximate surface area is 168 Å². The molecule has 1 atom stereocenters. The molecule has 146 valence electrons. The molecular formula is C20H21ClFN5O.